The standard InChI is InChI=1S/C32H20O2/c1-2-7-21(8-3-1)22-13-15-23(16-14-22)28-17-18-29(33-28)25-19-24-9-6-12-31-32(24)27(20-25)26-10-4-5-11-30(26)34-31/h1-20H. The molecule has 6 aromatic rings. The van der Waals surface area contributed by atoms with Gasteiger partial charge in [-0.15, -0.1) is 0 Å². The summed E-state index contributed by atoms with van der Waals surface area (Å²) in [6.45, 7) is 0. The molecule has 2 heterocycles. The van der Waals surface area contributed by atoms with Gasteiger partial charge in [-0.2, -0.15) is 0 Å². The largest absolute Gasteiger partial charge is 0.456 e. The van der Waals surface area contributed by atoms with Gasteiger partial charge in [-0.05, 0) is 58.5 Å². The summed E-state index contributed by atoms with van der Waals surface area (Å²) in [5.41, 5.74) is 6.81. The summed E-state index contributed by atoms with van der Waals surface area (Å²) in [5, 5.41) is 2.29. The van der Waals surface area contributed by atoms with E-state index in [0.717, 1.165) is 50.5 Å². The Kier molecular flexibility index (Phi) is 4.18. The van der Waals surface area contributed by atoms with Crippen molar-refractivity contribution in [2.75, 3.05) is 0 Å². The second-order valence-electron chi connectivity index (χ2n) is 8.58. The Morgan fingerprint density at radius 3 is 1.94 bits per heavy atom. The summed E-state index contributed by atoms with van der Waals surface area (Å²) in [5.74, 6) is 3.50. The number of hydrogen-bond acceptors (Lipinski definition) is 2. The highest BCUT2D eigenvalue weighted by molar-refractivity contribution is 6.06. The average molecular weight is 437 g/mol. The van der Waals surface area contributed by atoms with Crippen LogP contribution in [0.4, 0.5) is 0 Å². The lowest BCUT2D eigenvalue weighted by Gasteiger charge is -2.21. The normalized spacial score (nSPS) is 11.8. The van der Waals surface area contributed by atoms with Crippen LogP contribution in [0.3, 0.4) is 0 Å². The summed E-state index contributed by atoms with van der Waals surface area (Å²) in [7, 11) is 0. The van der Waals surface area contributed by atoms with Crippen LogP contribution in [0, 0.1) is 0 Å². The summed E-state index contributed by atoms with van der Waals surface area (Å²) < 4.78 is 12.5. The fourth-order valence-corrected chi connectivity index (χ4v) is 4.84. The molecule has 7 rings (SSSR count). The molecule has 0 radical (unpaired) electrons. The van der Waals surface area contributed by atoms with E-state index >= 15 is 0 Å². The Morgan fingerprint density at radius 1 is 0.412 bits per heavy atom. The molecule has 1 aromatic heterocycles. The molecular weight excluding hydrogens is 416 g/mol. The van der Waals surface area contributed by atoms with Gasteiger partial charge in [-0.1, -0.05) is 84.9 Å². The summed E-state index contributed by atoms with van der Waals surface area (Å²) >= 11 is 0. The molecule has 5 aromatic carbocycles. The minimum Gasteiger partial charge on any atom is -0.456 e. The van der Waals surface area contributed by atoms with Gasteiger partial charge in [-0.25, -0.2) is 0 Å². The maximum Gasteiger partial charge on any atom is 0.135 e. The molecule has 0 unspecified atom stereocenters. The minimum absolute atomic E-state index is 0.856. The van der Waals surface area contributed by atoms with Crippen LogP contribution in [-0.2, 0) is 0 Å². The fraction of sp³-hybridized carbons (Fsp3) is 0. The van der Waals surface area contributed by atoms with E-state index in [9.17, 15) is 0 Å². The number of benzene rings is 5. The van der Waals surface area contributed by atoms with Gasteiger partial charge in [0.05, 0.1) is 0 Å². The van der Waals surface area contributed by atoms with E-state index in [4.69, 9.17) is 9.15 Å². The van der Waals surface area contributed by atoms with Crippen LogP contribution in [-0.4, -0.2) is 0 Å². The summed E-state index contributed by atoms with van der Waals surface area (Å²) in [4.78, 5) is 0. The van der Waals surface area contributed by atoms with Gasteiger partial charge in [-0.3, -0.25) is 0 Å². The van der Waals surface area contributed by atoms with Crippen molar-refractivity contribution in [1.82, 2.24) is 0 Å². The molecule has 0 atom stereocenters. The first kappa shape index (κ1) is 19.0. The van der Waals surface area contributed by atoms with Crippen molar-refractivity contribution in [2.24, 2.45) is 0 Å². The van der Waals surface area contributed by atoms with Crippen molar-refractivity contribution in [2.45, 2.75) is 0 Å². The zero-order valence-electron chi connectivity index (χ0n) is 18.4. The third-order valence-electron chi connectivity index (χ3n) is 6.50. The lowest BCUT2D eigenvalue weighted by Crippen LogP contribution is -1.97. The molecule has 0 amide bonds. The van der Waals surface area contributed by atoms with Crippen LogP contribution in [0.25, 0.3) is 55.7 Å². The molecule has 34 heavy (non-hydrogen) atoms. The monoisotopic (exact) mass is 436 g/mol. The lowest BCUT2D eigenvalue weighted by molar-refractivity contribution is 0.487. The Labute approximate surface area is 197 Å². The molecule has 2 nitrogen and oxygen atoms in total. The Hall–Kier alpha value is -4.56. The highest BCUT2D eigenvalue weighted by Gasteiger charge is 2.21. The quantitative estimate of drug-likeness (QED) is 0.275. The van der Waals surface area contributed by atoms with Crippen LogP contribution >= 0.6 is 0 Å². The Morgan fingerprint density at radius 2 is 1.09 bits per heavy atom. The predicted octanol–water partition coefficient (Wildman–Crippen LogP) is 9.21. The average Bonchev–Trinajstić information content (AvgIpc) is 3.40. The summed E-state index contributed by atoms with van der Waals surface area (Å²) in [6, 6.07) is 41.9. The number of para-hydroxylation sites is 1. The van der Waals surface area contributed by atoms with E-state index in [1.54, 1.807) is 0 Å². The van der Waals surface area contributed by atoms with Gasteiger partial charge in [0.1, 0.15) is 23.0 Å². The van der Waals surface area contributed by atoms with Crippen LogP contribution in [0.5, 0.6) is 11.5 Å². The highest BCUT2D eigenvalue weighted by Crippen LogP contribution is 2.48. The van der Waals surface area contributed by atoms with Crippen molar-refractivity contribution < 1.29 is 9.15 Å². The van der Waals surface area contributed by atoms with Gasteiger partial charge in [0.25, 0.3) is 0 Å². The Balaban J connectivity index is 1.30. The van der Waals surface area contributed by atoms with Gasteiger partial charge < -0.3 is 9.15 Å². The van der Waals surface area contributed by atoms with Crippen LogP contribution in [0.1, 0.15) is 0 Å². The third-order valence-corrected chi connectivity index (χ3v) is 6.50. The summed E-state index contributed by atoms with van der Waals surface area (Å²) in [6.07, 6.45) is 0. The van der Waals surface area contributed by atoms with Gasteiger partial charge in [0.15, 0.2) is 0 Å². The number of ether oxygens (including phenoxy) is 1. The molecule has 1 aliphatic heterocycles. The molecule has 1 aliphatic rings. The van der Waals surface area contributed by atoms with Gasteiger partial charge in [0.2, 0.25) is 0 Å². The molecule has 0 saturated carbocycles. The molecule has 2 heteroatoms. The van der Waals surface area contributed by atoms with Crippen molar-refractivity contribution in [3.8, 4) is 56.4 Å². The molecule has 160 valence electrons. The van der Waals surface area contributed by atoms with E-state index < -0.39 is 0 Å². The molecule has 0 fully saturated rings. The minimum atomic E-state index is 0.856. The molecule has 0 bridgehead atoms. The van der Waals surface area contributed by atoms with Gasteiger partial charge >= 0.3 is 0 Å². The van der Waals surface area contributed by atoms with E-state index in [-0.39, 0.29) is 0 Å². The second kappa shape index (κ2) is 7.50. The fourth-order valence-electron chi connectivity index (χ4n) is 4.84. The van der Waals surface area contributed by atoms with E-state index in [1.807, 2.05) is 30.3 Å². The number of fused-ring (bicyclic) bond motifs is 2. The maximum absolute atomic E-state index is 6.35. The second-order valence-corrected chi connectivity index (χ2v) is 8.58. The first-order valence-corrected chi connectivity index (χ1v) is 11.4. The van der Waals surface area contributed by atoms with Gasteiger partial charge in [0, 0.05) is 22.1 Å². The Bertz CT molecular complexity index is 1660. The number of hydrogen-bond donors (Lipinski definition) is 0. The molecule has 0 saturated heterocycles. The molecule has 0 N–H and O–H groups in total. The lowest BCUT2D eigenvalue weighted by atomic mass is 9.92. The SMILES string of the molecule is c1ccc(-c2ccc(-c3ccc(-c4cc5c6c(cccc6c4)Oc4ccccc4-5)o3)cc2)cc1. The predicted molar refractivity (Wildman–Crippen MR) is 138 cm³/mol. The third kappa shape index (κ3) is 3.04. The van der Waals surface area contributed by atoms with E-state index in [1.165, 1.54) is 16.7 Å². The molecular formula is C32H20O2. The molecule has 0 spiro atoms. The van der Waals surface area contributed by atoms with Crippen LogP contribution in [0.15, 0.2) is 126 Å². The van der Waals surface area contributed by atoms with Crippen LogP contribution < -0.4 is 4.74 Å². The first-order chi connectivity index (χ1) is 16.8. The highest BCUT2D eigenvalue weighted by atomic mass is 16.5. The van der Waals surface area contributed by atoms with Crippen molar-refractivity contribution in [1.29, 1.82) is 0 Å². The first-order valence-electron chi connectivity index (χ1n) is 11.4. The zero-order valence-corrected chi connectivity index (χ0v) is 18.4. The van der Waals surface area contributed by atoms with Crippen molar-refractivity contribution >= 4 is 10.8 Å². The van der Waals surface area contributed by atoms with Crippen molar-refractivity contribution in [3.63, 3.8) is 0 Å². The smallest absolute Gasteiger partial charge is 0.135 e. The number of rotatable bonds is 3. The topological polar surface area (TPSA) is 22.4 Å². The maximum atomic E-state index is 6.35. The zero-order chi connectivity index (χ0) is 22.5. The van der Waals surface area contributed by atoms with Crippen molar-refractivity contribution in [3.05, 3.63) is 121 Å². The number of furan rings is 1. The molecule has 0 aliphatic carbocycles. The van der Waals surface area contributed by atoms with E-state index in [2.05, 4.69) is 91.0 Å². The van der Waals surface area contributed by atoms with Crippen LogP contribution in [0.2, 0.25) is 0 Å². The van der Waals surface area contributed by atoms with E-state index in [0.29, 0.717) is 0 Å².